The van der Waals surface area contributed by atoms with Crippen molar-refractivity contribution >= 4 is 11.4 Å². The van der Waals surface area contributed by atoms with Crippen LogP contribution in [0.1, 0.15) is 6.92 Å². The number of hydrogen-bond donors (Lipinski definition) is 1. The summed E-state index contributed by atoms with van der Waals surface area (Å²) in [5.74, 6) is -0.433. The molecule has 0 radical (unpaired) electrons. The maximum absolute atomic E-state index is 12.8. The molecule has 0 saturated heterocycles. The molecule has 0 aliphatic heterocycles. The summed E-state index contributed by atoms with van der Waals surface area (Å²) >= 11 is 0. The highest BCUT2D eigenvalue weighted by atomic mass is 19.1. The van der Waals surface area contributed by atoms with Crippen LogP contribution < -0.4 is 10.6 Å². The Hall–Kier alpha value is -1.76. The standard InChI is InChI=1S/C11H14FN3/c1-8(6-13)7-15(2)11-4-3-9(12)5-10(11)14/h3-5,8H,7,14H2,1-2H3. The summed E-state index contributed by atoms with van der Waals surface area (Å²) < 4.78 is 12.8. The van der Waals surface area contributed by atoms with Crippen LogP contribution >= 0.6 is 0 Å². The lowest BCUT2D eigenvalue weighted by atomic mass is 10.2. The molecule has 0 amide bonds. The zero-order valence-electron chi connectivity index (χ0n) is 8.87. The van der Waals surface area contributed by atoms with Crippen molar-refractivity contribution in [3.8, 4) is 6.07 Å². The van der Waals surface area contributed by atoms with Gasteiger partial charge in [0.05, 0.1) is 23.4 Å². The van der Waals surface area contributed by atoms with Crippen LogP contribution in [0.5, 0.6) is 0 Å². The predicted octanol–water partition coefficient (Wildman–Crippen LogP) is 2.00. The van der Waals surface area contributed by atoms with Crippen LogP contribution in [0.4, 0.5) is 15.8 Å². The second-order valence-electron chi connectivity index (χ2n) is 3.61. The third kappa shape index (κ3) is 2.84. The SMILES string of the molecule is CC(C#N)CN(C)c1ccc(F)cc1N. The highest BCUT2D eigenvalue weighted by Crippen LogP contribution is 2.23. The number of nitrogens with zero attached hydrogens (tertiary/aromatic N) is 2. The third-order valence-electron chi connectivity index (χ3n) is 2.17. The Balaban J connectivity index is 2.83. The minimum Gasteiger partial charge on any atom is -0.397 e. The number of benzene rings is 1. The van der Waals surface area contributed by atoms with E-state index in [0.29, 0.717) is 12.2 Å². The Labute approximate surface area is 88.9 Å². The monoisotopic (exact) mass is 207 g/mol. The Kier molecular flexibility index (Phi) is 3.51. The topological polar surface area (TPSA) is 53.0 Å². The van der Waals surface area contributed by atoms with Gasteiger partial charge in [0.15, 0.2) is 0 Å². The Morgan fingerprint density at radius 1 is 1.60 bits per heavy atom. The van der Waals surface area contributed by atoms with Crippen molar-refractivity contribution in [1.29, 1.82) is 5.26 Å². The quantitative estimate of drug-likeness (QED) is 0.771. The van der Waals surface area contributed by atoms with E-state index >= 15 is 0 Å². The summed E-state index contributed by atoms with van der Waals surface area (Å²) in [4.78, 5) is 1.85. The van der Waals surface area contributed by atoms with Crippen molar-refractivity contribution in [3.63, 3.8) is 0 Å². The van der Waals surface area contributed by atoms with Gasteiger partial charge in [0.2, 0.25) is 0 Å². The van der Waals surface area contributed by atoms with Crippen molar-refractivity contribution in [1.82, 2.24) is 0 Å². The Morgan fingerprint density at radius 3 is 2.80 bits per heavy atom. The fourth-order valence-corrected chi connectivity index (χ4v) is 1.42. The van der Waals surface area contributed by atoms with E-state index in [4.69, 9.17) is 11.0 Å². The van der Waals surface area contributed by atoms with Gasteiger partial charge in [-0.1, -0.05) is 0 Å². The summed E-state index contributed by atoms with van der Waals surface area (Å²) in [6.45, 7) is 2.41. The molecular formula is C11H14FN3. The second-order valence-corrected chi connectivity index (χ2v) is 3.61. The summed E-state index contributed by atoms with van der Waals surface area (Å²) in [5.41, 5.74) is 6.81. The van der Waals surface area contributed by atoms with Gasteiger partial charge in [-0.05, 0) is 25.1 Å². The van der Waals surface area contributed by atoms with E-state index in [0.717, 1.165) is 5.69 Å². The van der Waals surface area contributed by atoms with Gasteiger partial charge in [0.25, 0.3) is 0 Å². The number of nitriles is 1. The van der Waals surface area contributed by atoms with E-state index in [1.54, 1.807) is 6.07 Å². The molecule has 0 saturated carbocycles. The average Bonchev–Trinajstić information content (AvgIpc) is 2.17. The first kappa shape index (κ1) is 11.3. The van der Waals surface area contributed by atoms with Gasteiger partial charge in [-0.15, -0.1) is 0 Å². The van der Waals surface area contributed by atoms with Crippen molar-refractivity contribution < 1.29 is 4.39 Å². The Bertz CT molecular complexity index is 384. The molecule has 15 heavy (non-hydrogen) atoms. The van der Waals surface area contributed by atoms with Gasteiger partial charge < -0.3 is 10.6 Å². The number of rotatable bonds is 3. The first-order valence-corrected chi connectivity index (χ1v) is 4.70. The number of halogens is 1. The molecule has 0 aliphatic rings. The molecule has 0 heterocycles. The third-order valence-corrected chi connectivity index (χ3v) is 2.17. The molecule has 0 fully saturated rings. The highest BCUT2D eigenvalue weighted by Gasteiger charge is 2.09. The molecule has 4 heteroatoms. The van der Waals surface area contributed by atoms with Crippen molar-refractivity contribution in [3.05, 3.63) is 24.0 Å². The molecule has 1 aromatic carbocycles. The summed E-state index contributed by atoms with van der Waals surface area (Å²) in [7, 11) is 1.83. The van der Waals surface area contributed by atoms with E-state index in [1.165, 1.54) is 12.1 Å². The lowest BCUT2D eigenvalue weighted by molar-refractivity contribution is 0.628. The number of anilines is 2. The largest absolute Gasteiger partial charge is 0.397 e. The molecular weight excluding hydrogens is 193 g/mol. The van der Waals surface area contributed by atoms with Crippen molar-refractivity contribution in [2.75, 3.05) is 24.2 Å². The normalized spacial score (nSPS) is 11.9. The van der Waals surface area contributed by atoms with Crippen LogP contribution in [-0.2, 0) is 0 Å². The van der Waals surface area contributed by atoms with Gasteiger partial charge in [-0.25, -0.2) is 4.39 Å². The van der Waals surface area contributed by atoms with Crippen LogP contribution in [0.15, 0.2) is 18.2 Å². The van der Waals surface area contributed by atoms with Crippen LogP contribution in [-0.4, -0.2) is 13.6 Å². The van der Waals surface area contributed by atoms with Gasteiger partial charge >= 0.3 is 0 Å². The smallest absolute Gasteiger partial charge is 0.125 e. The average molecular weight is 207 g/mol. The maximum Gasteiger partial charge on any atom is 0.125 e. The van der Waals surface area contributed by atoms with E-state index in [-0.39, 0.29) is 11.7 Å². The van der Waals surface area contributed by atoms with Crippen LogP contribution in [0.3, 0.4) is 0 Å². The molecule has 1 aromatic rings. The molecule has 3 nitrogen and oxygen atoms in total. The molecule has 0 spiro atoms. The zero-order chi connectivity index (χ0) is 11.4. The van der Waals surface area contributed by atoms with E-state index in [1.807, 2.05) is 18.9 Å². The maximum atomic E-state index is 12.8. The molecule has 0 aliphatic carbocycles. The Morgan fingerprint density at radius 2 is 2.27 bits per heavy atom. The fraction of sp³-hybridized carbons (Fsp3) is 0.364. The number of nitrogen functional groups attached to an aromatic ring is 1. The molecule has 0 aromatic heterocycles. The van der Waals surface area contributed by atoms with Gasteiger partial charge in [0.1, 0.15) is 5.82 Å². The minimum absolute atomic E-state index is 0.0838. The van der Waals surface area contributed by atoms with Gasteiger partial charge in [0, 0.05) is 13.6 Å². The second kappa shape index (κ2) is 4.65. The van der Waals surface area contributed by atoms with Gasteiger partial charge in [-0.2, -0.15) is 5.26 Å². The van der Waals surface area contributed by atoms with E-state index in [2.05, 4.69) is 6.07 Å². The molecule has 1 atom stereocenters. The van der Waals surface area contributed by atoms with Crippen LogP contribution in [0.2, 0.25) is 0 Å². The lowest BCUT2D eigenvalue weighted by Crippen LogP contribution is -2.24. The van der Waals surface area contributed by atoms with Crippen molar-refractivity contribution in [2.24, 2.45) is 5.92 Å². The molecule has 2 N–H and O–H groups in total. The lowest BCUT2D eigenvalue weighted by Gasteiger charge is -2.21. The first-order chi connectivity index (χ1) is 7.04. The number of nitrogens with two attached hydrogens (primary N) is 1. The molecule has 1 unspecified atom stereocenters. The summed E-state index contributed by atoms with van der Waals surface area (Å²) in [6, 6.07) is 6.40. The number of hydrogen-bond acceptors (Lipinski definition) is 3. The van der Waals surface area contributed by atoms with Crippen molar-refractivity contribution in [2.45, 2.75) is 6.92 Å². The highest BCUT2D eigenvalue weighted by molar-refractivity contribution is 5.67. The predicted molar refractivity (Wildman–Crippen MR) is 58.9 cm³/mol. The van der Waals surface area contributed by atoms with E-state index < -0.39 is 0 Å². The molecule has 0 bridgehead atoms. The fourth-order valence-electron chi connectivity index (χ4n) is 1.42. The van der Waals surface area contributed by atoms with Gasteiger partial charge in [-0.3, -0.25) is 0 Å². The summed E-state index contributed by atoms with van der Waals surface area (Å²) in [6.07, 6.45) is 0. The zero-order valence-corrected chi connectivity index (χ0v) is 8.87. The summed E-state index contributed by atoms with van der Waals surface area (Å²) in [5, 5.41) is 8.68. The minimum atomic E-state index is -0.349. The van der Waals surface area contributed by atoms with Crippen LogP contribution in [0.25, 0.3) is 0 Å². The van der Waals surface area contributed by atoms with E-state index in [9.17, 15) is 4.39 Å². The van der Waals surface area contributed by atoms with Crippen LogP contribution in [0, 0.1) is 23.1 Å². The molecule has 1 rings (SSSR count). The first-order valence-electron chi connectivity index (χ1n) is 4.70. The molecule has 80 valence electrons.